The number of aliphatic hydroxyl groups is 1. The predicted octanol–water partition coefficient (Wildman–Crippen LogP) is 1.27. The van der Waals surface area contributed by atoms with Crippen LogP contribution in [-0.2, 0) is 9.53 Å². The van der Waals surface area contributed by atoms with Gasteiger partial charge in [0.05, 0.1) is 24.4 Å². The number of carbonyl (C=O) groups excluding carboxylic acids is 1. The van der Waals surface area contributed by atoms with Crippen LogP contribution in [0.1, 0.15) is 34.1 Å². The van der Waals surface area contributed by atoms with Crippen molar-refractivity contribution in [2.75, 3.05) is 33.4 Å². The fraction of sp³-hybridized carbons (Fsp3) is 0.765. The second-order valence-electron chi connectivity index (χ2n) is 7.83. The van der Waals surface area contributed by atoms with E-state index in [9.17, 15) is 15.1 Å². The highest BCUT2D eigenvalue weighted by Gasteiger charge is 2.39. The molecule has 0 aromatic rings. The van der Waals surface area contributed by atoms with Crippen LogP contribution in [0.5, 0.6) is 0 Å². The second-order valence-corrected chi connectivity index (χ2v) is 7.83. The number of amidine groups is 1. The van der Waals surface area contributed by atoms with Crippen molar-refractivity contribution in [2.45, 2.75) is 39.7 Å². The predicted molar refractivity (Wildman–Crippen MR) is 90.7 cm³/mol. The van der Waals surface area contributed by atoms with Crippen molar-refractivity contribution in [1.82, 2.24) is 9.96 Å². The van der Waals surface area contributed by atoms with Gasteiger partial charge < -0.3 is 9.84 Å². The molecule has 2 aliphatic heterocycles. The number of rotatable bonds is 6. The van der Waals surface area contributed by atoms with E-state index in [0.29, 0.717) is 11.6 Å². The van der Waals surface area contributed by atoms with Crippen molar-refractivity contribution >= 4 is 11.7 Å². The van der Waals surface area contributed by atoms with Crippen molar-refractivity contribution in [3.8, 4) is 0 Å². The van der Waals surface area contributed by atoms with Crippen LogP contribution in [-0.4, -0.2) is 71.0 Å². The summed E-state index contributed by atoms with van der Waals surface area (Å²) in [7, 11) is 1.91. The number of carbonyl (C=O) groups is 1. The Morgan fingerprint density at radius 2 is 2.12 bits per heavy atom. The van der Waals surface area contributed by atoms with Crippen LogP contribution in [0.3, 0.4) is 0 Å². The minimum Gasteiger partial charge on any atom is -0.395 e. The Morgan fingerprint density at radius 1 is 1.46 bits per heavy atom. The summed E-state index contributed by atoms with van der Waals surface area (Å²) in [5.41, 5.74) is -0.802. The maximum atomic E-state index is 12.6. The zero-order valence-corrected chi connectivity index (χ0v) is 15.2. The molecule has 1 atom stereocenters. The minimum atomic E-state index is -0.771. The molecule has 2 heterocycles. The molecule has 1 amide bonds. The highest BCUT2D eigenvalue weighted by molar-refractivity contribution is 6.07. The van der Waals surface area contributed by atoms with Gasteiger partial charge in [0.2, 0.25) is 0 Å². The molecule has 0 bridgehead atoms. The van der Waals surface area contributed by atoms with Crippen LogP contribution in [0.25, 0.3) is 0 Å². The Hall–Kier alpha value is -1.28. The molecule has 2 aliphatic rings. The van der Waals surface area contributed by atoms with Crippen molar-refractivity contribution in [3.63, 3.8) is 0 Å². The largest absolute Gasteiger partial charge is 0.395 e. The van der Waals surface area contributed by atoms with Crippen LogP contribution < -0.4 is 0 Å². The van der Waals surface area contributed by atoms with Gasteiger partial charge in [-0.25, -0.2) is 5.06 Å². The summed E-state index contributed by atoms with van der Waals surface area (Å²) < 4.78 is 5.38. The first-order valence-corrected chi connectivity index (χ1v) is 8.33. The zero-order valence-electron chi connectivity index (χ0n) is 15.2. The van der Waals surface area contributed by atoms with Crippen molar-refractivity contribution < 1.29 is 19.8 Å². The lowest BCUT2D eigenvalue weighted by Crippen LogP contribution is -2.50. The number of nitrogens with zero attached hydrogens (tertiary/aromatic N) is 3. The molecule has 7 heteroatoms. The molecule has 1 saturated heterocycles. The summed E-state index contributed by atoms with van der Waals surface area (Å²) >= 11 is 0. The summed E-state index contributed by atoms with van der Waals surface area (Å²) in [4.78, 5) is 18.6. The van der Waals surface area contributed by atoms with E-state index < -0.39 is 11.0 Å². The molecule has 0 radical (unpaired) electrons. The fourth-order valence-electron chi connectivity index (χ4n) is 2.69. The molecule has 0 spiro atoms. The second kappa shape index (κ2) is 6.92. The van der Waals surface area contributed by atoms with E-state index in [2.05, 4.69) is 4.99 Å². The van der Waals surface area contributed by atoms with E-state index in [0.717, 1.165) is 31.2 Å². The van der Waals surface area contributed by atoms with Gasteiger partial charge in [0.1, 0.15) is 0 Å². The third-order valence-electron chi connectivity index (χ3n) is 5.05. The Kier molecular flexibility index (Phi) is 5.49. The van der Waals surface area contributed by atoms with Crippen LogP contribution in [0.2, 0.25) is 0 Å². The van der Waals surface area contributed by atoms with Gasteiger partial charge in [0, 0.05) is 24.6 Å². The Balaban J connectivity index is 2.05. The number of likely N-dealkylation sites (N-methyl/N-ethyl adjacent to an activating group) is 1. The number of aliphatic hydroxyl groups excluding tert-OH is 1. The Bertz CT molecular complexity index is 548. The highest BCUT2D eigenvalue weighted by Crippen LogP contribution is 2.33. The molecule has 136 valence electrons. The molecular formula is C17H29N3O4. The van der Waals surface area contributed by atoms with Crippen LogP contribution in [0.4, 0.5) is 0 Å². The molecule has 1 unspecified atom stereocenters. The van der Waals surface area contributed by atoms with Gasteiger partial charge >= 0.3 is 0 Å². The molecule has 0 aromatic heterocycles. The van der Waals surface area contributed by atoms with E-state index >= 15 is 0 Å². The molecule has 1 fully saturated rings. The fourth-order valence-corrected chi connectivity index (χ4v) is 2.69. The number of hydroxylamine groups is 2. The highest BCUT2D eigenvalue weighted by atomic mass is 16.5. The van der Waals surface area contributed by atoms with E-state index in [4.69, 9.17) is 4.74 Å². The molecule has 0 saturated carbocycles. The maximum Gasteiger partial charge on any atom is 0.267 e. The van der Waals surface area contributed by atoms with Gasteiger partial charge in [-0.3, -0.25) is 14.9 Å². The van der Waals surface area contributed by atoms with Crippen LogP contribution >= 0.6 is 0 Å². The molecule has 0 aliphatic carbocycles. The lowest BCUT2D eigenvalue weighted by molar-refractivity contribution is -0.128. The van der Waals surface area contributed by atoms with E-state index in [-0.39, 0.29) is 18.3 Å². The van der Waals surface area contributed by atoms with Crippen LogP contribution in [0.15, 0.2) is 16.8 Å². The summed E-state index contributed by atoms with van der Waals surface area (Å²) in [6.07, 6.45) is 2.64. The Morgan fingerprint density at radius 3 is 2.62 bits per heavy atom. The topological polar surface area (TPSA) is 85.6 Å². The molecule has 2 rings (SSSR count). The van der Waals surface area contributed by atoms with Gasteiger partial charge in [0.25, 0.3) is 5.91 Å². The summed E-state index contributed by atoms with van der Waals surface area (Å²) in [6.45, 7) is 9.46. The first kappa shape index (κ1) is 19.1. The average Bonchev–Trinajstić information content (AvgIpc) is 3.02. The van der Waals surface area contributed by atoms with E-state index in [1.807, 2.05) is 39.6 Å². The van der Waals surface area contributed by atoms with Crippen molar-refractivity contribution in [2.24, 2.45) is 16.3 Å². The lowest BCUT2D eigenvalue weighted by Gasteiger charge is -2.39. The molecule has 24 heavy (non-hydrogen) atoms. The molecule has 0 aromatic carbocycles. The smallest absolute Gasteiger partial charge is 0.267 e. The van der Waals surface area contributed by atoms with Gasteiger partial charge in [0.15, 0.2) is 5.84 Å². The van der Waals surface area contributed by atoms with Gasteiger partial charge in [-0.1, -0.05) is 13.8 Å². The van der Waals surface area contributed by atoms with Gasteiger partial charge in [-0.15, -0.1) is 0 Å². The Labute approximate surface area is 143 Å². The van der Waals surface area contributed by atoms with Gasteiger partial charge in [-0.05, 0) is 33.2 Å². The molecule has 2 N–H and O–H groups in total. The first-order valence-electron chi connectivity index (χ1n) is 8.33. The van der Waals surface area contributed by atoms with Crippen molar-refractivity contribution in [3.05, 3.63) is 11.8 Å². The zero-order chi connectivity index (χ0) is 18.1. The monoisotopic (exact) mass is 339 g/mol. The number of hydrogen-bond donors (Lipinski definition) is 2. The SMILES string of the molecule is CN(CC1CCOC1)C(C)(C)C(=O)N=C1C=C(C(C)(C)CO)N1O. The lowest BCUT2D eigenvalue weighted by atomic mass is 9.86. The first-order chi connectivity index (χ1) is 11.1. The summed E-state index contributed by atoms with van der Waals surface area (Å²) in [6, 6.07) is 0. The number of amides is 1. The molecular weight excluding hydrogens is 310 g/mol. The maximum absolute atomic E-state index is 12.6. The van der Waals surface area contributed by atoms with E-state index in [1.54, 1.807) is 6.08 Å². The van der Waals surface area contributed by atoms with Crippen LogP contribution in [0, 0.1) is 11.3 Å². The average molecular weight is 339 g/mol. The number of hydrogen-bond acceptors (Lipinski definition) is 5. The summed E-state index contributed by atoms with van der Waals surface area (Å²) in [5, 5.41) is 20.3. The van der Waals surface area contributed by atoms with Gasteiger partial charge in [-0.2, -0.15) is 4.99 Å². The van der Waals surface area contributed by atoms with Crippen molar-refractivity contribution in [1.29, 1.82) is 0 Å². The minimum absolute atomic E-state index is 0.102. The standard InChI is InChI=1S/C17H29N3O4/c1-16(2,11-21)13-8-14(20(13)23)18-15(22)17(3,4)19(5)9-12-6-7-24-10-12/h8,12,21,23H,6-7,9-11H2,1-5H3. The van der Waals surface area contributed by atoms with E-state index in [1.165, 1.54) is 0 Å². The number of aliphatic imine (C=N–C) groups is 1. The number of ether oxygens (including phenoxy) is 1. The normalized spacial score (nSPS) is 23.7. The quantitative estimate of drug-likeness (QED) is 0.758. The summed E-state index contributed by atoms with van der Waals surface area (Å²) in [5.74, 6) is 0.335. The third-order valence-corrected chi connectivity index (χ3v) is 5.05. The molecule has 7 nitrogen and oxygen atoms in total. The third kappa shape index (κ3) is 3.69.